The van der Waals surface area contributed by atoms with Crippen LogP contribution in [0, 0.1) is 5.82 Å². The zero-order valence-corrected chi connectivity index (χ0v) is 9.72. The molecule has 0 unspecified atom stereocenters. The van der Waals surface area contributed by atoms with Gasteiger partial charge in [-0.25, -0.2) is 9.18 Å². The third-order valence-electron chi connectivity index (χ3n) is 2.33. The molecule has 1 aromatic carbocycles. The normalized spacial score (nSPS) is 10.3. The van der Waals surface area contributed by atoms with Crippen molar-refractivity contribution in [1.29, 1.82) is 0 Å². The highest BCUT2D eigenvalue weighted by Crippen LogP contribution is 2.26. The van der Waals surface area contributed by atoms with Gasteiger partial charge in [0.05, 0.1) is 7.11 Å². The van der Waals surface area contributed by atoms with E-state index in [0.29, 0.717) is 16.1 Å². The zero-order valence-electron chi connectivity index (χ0n) is 8.96. The molecule has 3 nitrogen and oxygen atoms in total. The predicted octanol–water partition coefficient (Wildman–Crippen LogP) is 3.26. The minimum Gasteiger partial charge on any atom is -0.464 e. The van der Waals surface area contributed by atoms with Gasteiger partial charge in [-0.3, -0.25) is 0 Å². The van der Waals surface area contributed by atoms with Crippen LogP contribution in [0.15, 0.2) is 30.5 Å². The van der Waals surface area contributed by atoms with Crippen molar-refractivity contribution < 1.29 is 13.9 Å². The summed E-state index contributed by atoms with van der Waals surface area (Å²) in [7, 11) is 1.28. The van der Waals surface area contributed by atoms with E-state index >= 15 is 0 Å². The van der Waals surface area contributed by atoms with Crippen LogP contribution in [0.4, 0.5) is 4.39 Å². The summed E-state index contributed by atoms with van der Waals surface area (Å²) in [5, 5.41) is 0.329. The molecule has 0 bridgehead atoms. The number of aromatic nitrogens is 1. The molecule has 1 N–H and O–H groups in total. The van der Waals surface area contributed by atoms with Crippen molar-refractivity contribution in [3.63, 3.8) is 0 Å². The van der Waals surface area contributed by atoms with E-state index in [-0.39, 0.29) is 5.69 Å². The highest BCUT2D eigenvalue weighted by atomic mass is 35.5. The molecule has 0 aliphatic carbocycles. The fourth-order valence-electron chi connectivity index (χ4n) is 1.50. The summed E-state index contributed by atoms with van der Waals surface area (Å²) in [6.45, 7) is 0. The Morgan fingerprint density at radius 1 is 1.41 bits per heavy atom. The number of hydrogen-bond donors (Lipinski definition) is 1. The van der Waals surface area contributed by atoms with Crippen LogP contribution in [0.1, 0.15) is 10.5 Å². The van der Waals surface area contributed by atoms with Gasteiger partial charge in [0, 0.05) is 22.3 Å². The van der Waals surface area contributed by atoms with Gasteiger partial charge in [0.1, 0.15) is 11.5 Å². The van der Waals surface area contributed by atoms with Gasteiger partial charge in [-0.05, 0) is 24.3 Å². The second-order valence-corrected chi connectivity index (χ2v) is 3.85. The number of methoxy groups -OCH3 is 1. The summed E-state index contributed by atoms with van der Waals surface area (Å²) >= 11 is 5.66. The summed E-state index contributed by atoms with van der Waals surface area (Å²) < 4.78 is 18.2. The first-order valence-corrected chi connectivity index (χ1v) is 5.22. The number of ether oxygens (including phenoxy) is 1. The lowest BCUT2D eigenvalue weighted by Crippen LogP contribution is -2.00. The largest absolute Gasteiger partial charge is 0.464 e. The molecule has 17 heavy (non-hydrogen) atoms. The Kier molecular flexibility index (Phi) is 3.15. The van der Waals surface area contributed by atoms with Crippen LogP contribution in [0.25, 0.3) is 11.1 Å². The Labute approximate surface area is 102 Å². The number of nitrogens with one attached hydrogen (secondary N) is 1. The highest BCUT2D eigenvalue weighted by molar-refractivity contribution is 6.30. The number of rotatable bonds is 2. The van der Waals surface area contributed by atoms with E-state index in [2.05, 4.69) is 9.72 Å². The Hall–Kier alpha value is -1.81. The maximum Gasteiger partial charge on any atom is 0.354 e. The first-order chi connectivity index (χ1) is 8.11. The number of H-pyrrole nitrogens is 1. The first-order valence-electron chi connectivity index (χ1n) is 4.84. The fourth-order valence-corrected chi connectivity index (χ4v) is 1.66. The molecule has 2 aromatic rings. The van der Waals surface area contributed by atoms with Gasteiger partial charge in [0.2, 0.25) is 0 Å². The van der Waals surface area contributed by atoms with Crippen molar-refractivity contribution in [2.75, 3.05) is 7.11 Å². The zero-order chi connectivity index (χ0) is 12.4. The number of halogens is 2. The van der Waals surface area contributed by atoms with Crippen LogP contribution in [0.2, 0.25) is 5.02 Å². The van der Waals surface area contributed by atoms with E-state index < -0.39 is 11.8 Å². The Balaban J connectivity index is 2.40. The van der Waals surface area contributed by atoms with E-state index in [1.165, 1.54) is 19.2 Å². The highest BCUT2D eigenvalue weighted by Gasteiger charge is 2.12. The van der Waals surface area contributed by atoms with Gasteiger partial charge >= 0.3 is 5.97 Å². The molecule has 0 aliphatic rings. The van der Waals surface area contributed by atoms with Crippen molar-refractivity contribution in [2.45, 2.75) is 0 Å². The fraction of sp³-hybridized carbons (Fsp3) is 0.0833. The van der Waals surface area contributed by atoms with Crippen molar-refractivity contribution >= 4 is 17.6 Å². The number of carbonyl (C=O) groups is 1. The maximum atomic E-state index is 13.6. The third-order valence-corrected chi connectivity index (χ3v) is 2.57. The van der Waals surface area contributed by atoms with Crippen LogP contribution < -0.4 is 0 Å². The van der Waals surface area contributed by atoms with Gasteiger partial charge in [-0.2, -0.15) is 0 Å². The molecule has 0 spiro atoms. The summed E-state index contributed by atoms with van der Waals surface area (Å²) in [5.74, 6) is -0.932. The summed E-state index contributed by atoms with van der Waals surface area (Å²) in [6.07, 6.45) is 1.54. The van der Waals surface area contributed by atoms with Crippen LogP contribution in [0.3, 0.4) is 0 Å². The molecule has 0 saturated heterocycles. The number of aromatic amines is 1. The molecule has 0 fully saturated rings. The molecule has 1 heterocycles. The van der Waals surface area contributed by atoms with Gasteiger partial charge in [-0.15, -0.1) is 0 Å². The maximum absolute atomic E-state index is 13.6. The van der Waals surface area contributed by atoms with Crippen molar-refractivity contribution in [3.8, 4) is 11.1 Å². The Morgan fingerprint density at radius 2 is 2.18 bits per heavy atom. The summed E-state index contributed by atoms with van der Waals surface area (Å²) in [4.78, 5) is 14.0. The number of benzene rings is 1. The lowest BCUT2D eigenvalue weighted by molar-refractivity contribution is 0.0595. The summed E-state index contributed by atoms with van der Waals surface area (Å²) in [6, 6.07) is 5.90. The van der Waals surface area contributed by atoms with E-state index in [9.17, 15) is 9.18 Å². The van der Waals surface area contributed by atoms with Crippen molar-refractivity contribution in [1.82, 2.24) is 4.98 Å². The molecule has 0 atom stereocenters. The van der Waals surface area contributed by atoms with Crippen LogP contribution in [-0.4, -0.2) is 18.1 Å². The van der Waals surface area contributed by atoms with E-state index in [4.69, 9.17) is 11.6 Å². The monoisotopic (exact) mass is 253 g/mol. The molecular formula is C12H9ClFNO2. The molecule has 0 amide bonds. The second-order valence-electron chi connectivity index (χ2n) is 3.42. The van der Waals surface area contributed by atoms with Gasteiger partial charge < -0.3 is 9.72 Å². The van der Waals surface area contributed by atoms with Crippen LogP contribution in [0.5, 0.6) is 0 Å². The van der Waals surface area contributed by atoms with Gasteiger partial charge in [0.25, 0.3) is 0 Å². The quantitative estimate of drug-likeness (QED) is 0.835. The number of hydrogen-bond acceptors (Lipinski definition) is 2. The van der Waals surface area contributed by atoms with E-state index in [0.717, 1.165) is 0 Å². The molecule has 88 valence electrons. The van der Waals surface area contributed by atoms with Crippen molar-refractivity contribution in [2.24, 2.45) is 0 Å². The molecule has 0 radical (unpaired) electrons. The van der Waals surface area contributed by atoms with Crippen molar-refractivity contribution in [3.05, 3.63) is 47.0 Å². The smallest absolute Gasteiger partial charge is 0.354 e. The topological polar surface area (TPSA) is 42.1 Å². The molecule has 2 rings (SSSR count). The number of carbonyl (C=O) groups excluding carboxylic acids is 1. The average molecular weight is 254 g/mol. The minimum absolute atomic E-state index is 0.275. The Morgan fingerprint density at radius 3 is 2.82 bits per heavy atom. The van der Waals surface area contributed by atoms with Gasteiger partial charge in [0.15, 0.2) is 0 Å². The SMILES string of the molecule is COC(=O)c1cc(-c2ccc(Cl)cc2F)c[nH]1. The van der Waals surface area contributed by atoms with Crippen LogP contribution in [-0.2, 0) is 4.74 Å². The lowest BCUT2D eigenvalue weighted by Gasteiger charge is -2.00. The average Bonchev–Trinajstić information content (AvgIpc) is 2.77. The molecular weight excluding hydrogens is 245 g/mol. The van der Waals surface area contributed by atoms with E-state index in [1.54, 1.807) is 18.3 Å². The molecule has 0 saturated carbocycles. The summed E-state index contributed by atoms with van der Waals surface area (Å²) in [5.41, 5.74) is 1.22. The van der Waals surface area contributed by atoms with E-state index in [1.807, 2.05) is 0 Å². The lowest BCUT2D eigenvalue weighted by atomic mass is 10.1. The molecule has 0 aliphatic heterocycles. The third kappa shape index (κ3) is 2.31. The van der Waals surface area contributed by atoms with Gasteiger partial charge in [-0.1, -0.05) is 11.6 Å². The first kappa shape index (κ1) is 11.7. The minimum atomic E-state index is -0.495. The number of esters is 1. The molecule has 1 aromatic heterocycles. The second kappa shape index (κ2) is 4.59. The predicted molar refractivity (Wildman–Crippen MR) is 62.5 cm³/mol. The molecule has 5 heteroatoms. The Bertz CT molecular complexity index is 565. The standard InChI is InChI=1S/C12H9ClFNO2/c1-17-12(16)11-4-7(6-15-11)9-3-2-8(13)5-10(9)14/h2-6,15H,1H3. The van der Waals surface area contributed by atoms with Crippen LogP contribution >= 0.6 is 11.6 Å².